The zero-order valence-corrected chi connectivity index (χ0v) is 12.1. The molecule has 1 amide bonds. The van der Waals surface area contributed by atoms with Crippen LogP contribution in [0.15, 0.2) is 24.3 Å². The Kier molecular flexibility index (Phi) is 4.46. The van der Waals surface area contributed by atoms with Gasteiger partial charge in [-0.05, 0) is 43.0 Å². The van der Waals surface area contributed by atoms with E-state index >= 15 is 0 Å². The van der Waals surface area contributed by atoms with Crippen molar-refractivity contribution in [3.8, 4) is 0 Å². The average Bonchev–Trinajstić information content (AvgIpc) is 2.39. The molecule has 3 heteroatoms. The molecule has 0 aliphatic heterocycles. The first-order valence-corrected chi connectivity index (χ1v) is 7.14. The highest BCUT2D eigenvalue weighted by Gasteiger charge is 2.20. The molecule has 0 spiro atoms. The molecule has 1 fully saturated rings. The van der Waals surface area contributed by atoms with Crippen LogP contribution < -0.4 is 10.2 Å². The highest BCUT2D eigenvalue weighted by molar-refractivity contribution is 5.94. The number of carbonyl (C=O) groups excluding carboxylic acids is 1. The Morgan fingerprint density at radius 1 is 1.21 bits per heavy atom. The number of hydrogen-bond donors (Lipinski definition) is 1. The van der Waals surface area contributed by atoms with Crippen molar-refractivity contribution in [2.24, 2.45) is 5.92 Å². The molecule has 1 aliphatic carbocycles. The Bertz CT molecular complexity index is 425. The van der Waals surface area contributed by atoms with E-state index in [2.05, 4.69) is 12.2 Å². The normalized spacial score (nSPS) is 22.9. The molecule has 0 radical (unpaired) electrons. The molecule has 0 heterocycles. The second-order valence-corrected chi connectivity index (χ2v) is 5.88. The molecule has 2 rings (SSSR count). The molecular weight excluding hydrogens is 236 g/mol. The van der Waals surface area contributed by atoms with Gasteiger partial charge in [0, 0.05) is 31.4 Å². The monoisotopic (exact) mass is 260 g/mol. The minimum absolute atomic E-state index is 0.0596. The first kappa shape index (κ1) is 13.9. The Balaban J connectivity index is 1.95. The van der Waals surface area contributed by atoms with Gasteiger partial charge in [0.15, 0.2) is 0 Å². The van der Waals surface area contributed by atoms with Gasteiger partial charge < -0.3 is 10.2 Å². The fourth-order valence-corrected chi connectivity index (χ4v) is 2.74. The van der Waals surface area contributed by atoms with E-state index in [4.69, 9.17) is 0 Å². The minimum Gasteiger partial charge on any atom is -0.378 e. The van der Waals surface area contributed by atoms with Gasteiger partial charge in [-0.25, -0.2) is 0 Å². The lowest BCUT2D eigenvalue weighted by atomic mass is 9.87. The second kappa shape index (κ2) is 6.09. The first-order chi connectivity index (χ1) is 9.06. The van der Waals surface area contributed by atoms with Gasteiger partial charge in [-0.3, -0.25) is 4.79 Å². The molecule has 1 aliphatic rings. The number of benzene rings is 1. The van der Waals surface area contributed by atoms with Crippen LogP contribution in [0.4, 0.5) is 5.69 Å². The van der Waals surface area contributed by atoms with Crippen molar-refractivity contribution in [1.82, 2.24) is 5.32 Å². The lowest BCUT2D eigenvalue weighted by molar-refractivity contribution is 0.0921. The fraction of sp³-hybridized carbons (Fsp3) is 0.562. The summed E-state index contributed by atoms with van der Waals surface area (Å²) in [5, 5.41) is 3.16. The van der Waals surface area contributed by atoms with Crippen molar-refractivity contribution in [3.05, 3.63) is 29.8 Å². The summed E-state index contributed by atoms with van der Waals surface area (Å²) < 4.78 is 0. The van der Waals surface area contributed by atoms with E-state index in [1.807, 2.05) is 43.3 Å². The highest BCUT2D eigenvalue weighted by atomic mass is 16.1. The predicted octanol–water partition coefficient (Wildman–Crippen LogP) is 3.06. The quantitative estimate of drug-likeness (QED) is 0.906. The smallest absolute Gasteiger partial charge is 0.251 e. The maximum Gasteiger partial charge on any atom is 0.251 e. The van der Waals surface area contributed by atoms with Crippen molar-refractivity contribution < 1.29 is 4.79 Å². The molecular formula is C16H24N2O. The Morgan fingerprint density at radius 2 is 1.89 bits per heavy atom. The third-order valence-corrected chi connectivity index (χ3v) is 3.92. The molecule has 19 heavy (non-hydrogen) atoms. The van der Waals surface area contributed by atoms with Crippen LogP contribution in [0.1, 0.15) is 43.0 Å². The molecule has 1 N–H and O–H groups in total. The van der Waals surface area contributed by atoms with E-state index in [9.17, 15) is 4.79 Å². The van der Waals surface area contributed by atoms with E-state index < -0.39 is 0 Å². The molecule has 2 atom stereocenters. The predicted molar refractivity (Wildman–Crippen MR) is 79.7 cm³/mol. The molecule has 104 valence electrons. The SMILES string of the molecule is CC1CCCC(NC(=O)c2ccc(N(C)C)cc2)C1. The van der Waals surface area contributed by atoms with Gasteiger partial charge in [0.05, 0.1) is 0 Å². The zero-order valence-electron chi connectivity index (χ0n) is 12.1. The summed E-state index contributed by atoms with van der Waals surface area (Å²) in [6.07, 6.45) is 4.75. The van der Waals surface area contributed by atoms with Crippen molar-refractivity contribution in [3.63, 3.8) is 0 Å². The Labute approximate surface area is 116 Å². The van der Waals surface area contributed by atoms with E-state index in [-0.39, 0.29) is 5.91 Å². The van der Waals surface area contributed by atoms with Gasteiger partial charge in [-0.2, -0.15) is 0 Å². The number of carbonyl (C=O) groups is 1. The van der Waals surface area contributed by atoms with Crippen molar-refractivity contribution in [1.29, 1.82) is 0 Å². The van der Waals surface area contributed by atoms with Crippen LogP contribution in [0.5, 0.6) is 0 Å². The third kappa shape index (κ3) is 3.72. The van der Waals surface area contributed by atoms with E-state index in [1.54, 1.807) is 0 Å². The summed E-state index contributed by atoms with van der Waals surface area (Å²) in [7, 11) is 4.00. The Hall–Kier alpha value is -1.51. The molecule has 0 aromatic heterocycles. The van der Waals surface area contributed by atoms with Gasteiger partial charge in [-0.15, -0.1) is 0 Å². The summed E-state index contributed by atoms with van der Waals surface area (Å²) >= 11 is 0. The minimum atomic E-state index is 0.0596. The van der Waals surface area contributed by atoms with E-state index in [0.717, 1.165) is 30.0 Å². The number of nitrogens with one attached hydrogen (secondary N) is 1. The van der Waals surface area contributed by atoms with Crippen LogP contribution in [0, 0.1) is 5.92 Å². The van der Waals surface area contributed by atoms with Crippen molar-refractivity contribution in [2.75, 3.05) is 19.0 Å². The molecule has 0 bridgehead atoms. The van der Waals surface area contributed by atoms with E-state index in [1.165, 1.54) is 12.8 Å². The van der Waals surface area contributed by atoms with Gasteiger partial charge in [0.2, 0.25) is 0 Å². The van der Waals surface area contributed by atoms with Crippen LogP contribution in [0.25, 0.3) is 0 Å². The summed E-state index contributed by atoms with van der Waals surface area (Å²) in [5.74, 6) is 0.791. The summed E-state index contributed by atoms with van der Waals surface area (Å²) in [5.41, 5.74) is 1.87. The van der Waals surface area contributed by atoms with Crippen LogP contribution in [-0.2, 0) is 0 Å². The summed E-state index contributed by atoms with van der Waals surface area (Å²) in [4.78, 5) is 14.2. The van der Waals surface area contributed by atoms with Crippen LogP contribution in [0.2, 0.25) is 0 Å². The van der Waals surface area contributed by atoms with Crippen LogP contribution in [-0.4, -0.2) is 26.0 Å². The lowest BCUT2D eigenvalue weighted by Crippen LogP contribution is -2.37. The number of hydrogen-bond acceptors (Lipinski definition) is 2. The van der Waals surface area contributed by atoms with Gasteiger partial charge in [-0.1, -0.05) is 19.8 Å². The third-order valence-electron chi connectivity index (χ3n) is 3.92. The molecule has 1 aromatic rings. The highest BCUT2D eigenvalue weighted by Crippen LogP contribution is 2.23. The number of rotatable bonds is 3. The maximum atomic E-state index is 12.2. The van der Waals surface area contributed by atoms with Crippen LogP contribution in [0.3, 0.4) is 0 Å². The average molecular weight is 260 g/mol. The van der Waals surface area contributed by atoms with Crippen LogP contribution >= 0.6 is 0 Å². The standard InChI is InChI=1S/C16H24N2O/c1-12-5-4-6-14(11-12)17-16(19)13-7-9-15(10-8-13)18(2)3/h7-10,12,14H,4-6,11H2,1-3H3,(H,17,19). The number of amides is 1. The first-order valence-electron chi connectivity index (χ1n) is 7.14. The lowest BCUT2D eigenvalue weighted by Gasteiger charge is -2.27. The van der Waals surface area contributed by atoms with Crippen molar-refractivity contribution >= 4 is 11.6 Å². The van der Waals surface area contributed by atoms with E-state index in [0.29, 0.717) is 6.04 Å². The molecule has 3 nitrogen and oxygen atoms in total. The van der Waals surface area contributed by atoms with Crippen molar-refractivity contribution in [2.45, 2.75) is 38.6 Å². The Morgan fingerprint density at radius 3 is 2.47 bits per heavy atom. The maximum absolute atomic E-state index is 12.2. The number of nitrogens with zero attached hydrogens (tertiary/aromatic N) is 1. The molecule has 1 aromatic carbocycles. The summed E-state index contributed by atoms with van der Waals surface area (Å²) in [6, 6.07) is 8.12. The molecule has 2 unspecified atom stereocenters. The molecule has 1 saturated carbocycles. The summed E-state index contributed by atoms with van der Waals surface area (Å²) in [6.45, 7) is 2.27. The van der Waals surface area contributed by atoms with Gasteiger partial charge in [0.25, 0.3) is 5.91 Å². The number of anilines is 1. The zero-order chi connectivity index (χ0) is 13.8. The largest absolute Gasteiger partial charge is 0.378 e. The van der Waals surface area contributed by atoms with Gasteiger partial charge in [0.1, 0.15) is 0 Å². The fourth-order valence-electron chi connectivity index (χ4n) is 2.74. The molecule has 0 saturated heterocycles. The topological polar surface area (TPSA) is 32.3 Å². The second-order valence-electron chi connectivity index (χ2n) is 5.88. The van der Waals surface area contributed by atoms with Gasteiger partial charge >= 0.3 is 0 Å².